The van der Waals surface area contributed by atoms with Crippen LogP contribution in [-0.4, -0.2) is 28.2 Å². The molecule has 1 aliphatic heterocycles. The van der Waals surface area contributed by atoms with Gasteiger partial charge in [0.05, 0.1) is 0 Å². The van der Waals surface area contributed by atoms with Crippen LogP contribution in [0.1, 0.15) is 25.0 Å². The summed E-state index contributed by atoms with van der Waals surface area (Å²) in [6.07, 6.45) is 11.2. The lowest BCUT2D eigenvalue weighted by molar-refractivity contribution is 0.569. The molecule has 210 valence electrons. The lowest BCUT2D eigenvalue weighted by Gasteiger charge is -2.34. The minimum Gasteiger partial charge on any atom is -0.423 e. The third-order valence-electron chi connectivity index (χ3n) is 8.66. The van der Waals surface area contributed by atoms with Crippen molar-refractivity contribution in [1.82, 2.24) is 20.2 Å². The molecule has 0 bridgehead atoms. The van der Waals surface area contributed by atoms with Gasteiger partial charge in [0.25, 0.3) is 0 Å². The van der Waals surface area contributed by atoms with Crippen molar-refractivity contribution < 1.29 is 4.42 Å². The summed E-state index contributed by atoms with van der Waals surface area (Å²) in [6, 6.07) is 34.9. The average molecular weight is 578 g/mol. The molecule has 0 fully saturated rings. The van der Waals surface area contributed by atoms with Gasteiger partial charge in [-0.25, -0.2) is 9.97 Å². The Balaban J connectivity index is 1.46. The number of rotatable bonds is 7. The third kappa shape index (κ3) is 4.68. The van der Waals surface area contributed by atoms with Crippen molar-refractivity contribution in [2.75, 3.05) is 4.90 Å². The van der Waals surface area contributed by atoms with Crippen LogP contribution in [0.2, 0.25) is 12.1 Å². The maximum Gasteiger partial charge on any atom is 0.248 e. The van der Waals surface area contributed by atoms with Crippen molar-refractivity contribution in [2.24, 2.45) is 0 Å². The molecule has 0 unspecified atom stereocenters. The van der Waals surface area contributed by atoms with E-state index in [0.717, 1.165) is 45.8 Å². The SMILES string of the molecule is CC[Si]1(CC)c2cc(N(c3ccccc3)c3ccccc3)ccc2C=Cc2cc(-c3cncnc3)c(-c3nnco3)cc21. The highest BCUT2D eigenvalue weighted by molar-refractivity contribution is 7.03. The molecule has 2 aromatic heterocycles. The second kappa shape index (κ2) is 11.3. The van der Waals surface area contributed by atoms with E-state index in [1.54, 1.807) is 6.33 Å². The third-order valence-corrected chi connectivity index (χ3v) is 14.0. The Morgan fingerprint density at radius 2 is 1.33 bits per heavy atom. The van der Waals surface area contributed by atoms with Gasteiger partial charge in [-0.3, -0.25) is 0 Å². The van der Waals surface area contributed by atoms with Crippen LogP contribution in [0, 0.1) is 0 Å². The van der Waals surface area contributed by atoms with Gasteiger partial charge in [-0.15, -0.1) is 10.2 Å². The second-order valence-electron chi connectivity index (χ2n) is 10.8. The molecule has 7 heteroatoms. The molecule has 7 rings (SSSR count). The normalized spacial score (nSPS) is 13.2. The average Bonchev–Trinajstić information content (AvgIpc) is 3.58. The number of hydrogen-bond acceptors (Lipinski definition) is 6. The Hall–Kier alpha value is -5.14. The van der Waals surface area contributed by atoms with E-state index in [-0.39, 0.29) is 0 Å². The highest BCUT2D eigenvalue weighted by Gasteiger charge is 2.39. The van der Waals surface area contributed by atoms with Gasteiger partial charge in [0, 0.05) is 40.6 Å². The predicted octanol–water partition coefficient (Wildman–Crippen LogP) is 7.75. The van der Waals surface area contributed by atoms with E-state index in [9.17, 15) is 0 Å². The Kier molecular flexibility index (Phi) is 7.00. The van der Waals surface area contributed by atoms with E-state index in [2.05, 4.69) is 142 Å². The summed E-state index contributed by atoms with van der Waals surface area (Å²) >= 11 is 0. The molecule has 4 aromatic carbocycles. The zero-order valence-corrected chi connectivity index (χ0v) is 25.2. The Morgan fingerprint density at radius 3 is 1.95 bits per heavy atom. The molecule has 0 aliphatic carbocycles. The fourth-order valence-corrected chi connectivity index (χ4v) is 11.1. The van der Waals surface area contributed by atoms with Crippen molar-refractivity contribution in [3.8, 4) is 22.6 Å². The fourth-order valence-electron chi connectivity index (χ4n) is 6.49. The monoisotopic (exact) mass is 577 g/mol. The summed E-state index contributed by atoms with van der Waals surface area (Å²) in [6.45, 7) is 4.69. The van der Waals surface area contributed by atoms with E-state index in [1.165, 1.54) is 27.9 Å². The number of anilines is 3. The Labute approximate surface area is 252 Å². The predicted molar refractivity (Wildman–Crippen MR) is 177 cm³/mol. The molecule has 0 spiro atoms. The van der Waals surface area contributed by atoms with Gasteiger partial charge < -0.3 is 9.32 Å². The second-order valence-corrected chi connectivity index (χ2v) is 15.4. The molecular weight excluding hydrogens is 547 g/mol. The van der Waals surface area contributed by atoms with E-state index in [0.29, 0.717) is 5.89 Å². The molecular formula is C36H31N5OSi. The standard InChI is InChI=1S/C36H31N5OSi/c1-3-43(4-2)34-20-31(41(29-11-7-5-8-12-29)30-13-9-6-10-14-30)18-17-26(34)15-16-27-19-32(28-22-37-24-38-23-28)33(21-35(27)43)36-40-39-25-42-36/h5-25H,3-4H2,1-2H3. The van der Waals surface area contributed by atoms with Gasteiger partial charge in [0.1, 0.15) is 14.4 Å². The molecule has 0 saturated heterocycles. The lowest BCUT2D eigenvalue weighted by Crippen LogP contribution is -2.58. The van der Waals surface area contributed by atoms with Crippen molar-refractivity contribution in [3.05, 3.63) is 127 Å². The largest absolute Gasteiger partial charge is 0.423 e. The summed E-state index contributed by atoms with van der Waals surface area (Å²) < 4.78 is 5.79. The summed E-state index contributed by atoms with van der Waals surface area (Å²) in [5.41, 5.74) is 8.72. The number of para-hydroxylation sites is 2. The quantitative estimate of drug-likeness (QED) is 0.181. The fraction of sp³-hybridized carbons (Fsp3) is 0.111. The number of fused-ring (bicyclic) bond motifs is 2. The first-order valence-corrected chi connectivity index (χ1v) is 17.1. The van der Waals surface area contributed by atoms with Gasteiger partial charge in [0.15, 0.2) is 0 Å². The van der Waals surface area contributed by atoms with E-state index < -0.39 is 8.07 Å². The van der Waals surface area contributed by atoms with Gasteiger partial charge in [-0.2, -0.15) is 0 Å². The van der Waals surface area contributed by atoms with E-state index in [4.69, 9.17) is 4.42 Å². The molecule has 0 atom stereocenters. The smallest absolute Gasteiger partial charge is 0.248 e. The topological polar surface area (TPSA) is 67.9 Å². The van der Waals surface area contributed by atoms with Crippen LogP contribution >= 0.6 is 0 Å². The lowest BCUT2D eigenvalue weighted by atomic mass is 9.98. The summed E-state index contributed by atoms with van der Waals surface area (Å²) in [4.78, 5) is 10.9. The number of aromatic nitrogens is 4. The molecule has 0 N–H and O–H groups in total. The van der Waals surface area contributed by atoms with Crippen molar-refractivity contribution in [3.63, 3.8) is 0 Å². The minimum absolute atomic E-state index is 0.498. The zero-order valence-electron chi connectivity index (χ0n) is 24.2. The number of hydrogen-bond donors (Lipinski definition) is 0. The Morgan fingerprint density at radius 1 is 0.674 bits per heavy atom. The summed E-state index contributed by atoms with van der Waals surface area (Å²) in [5, 5.41) is 11.2. The van der Waals surface area contributed by atoms with E-state index >= 15 is 0 Å². The van der Waals surface area contributed by atoms with Crippen LogP contribution in [0.3, 0.4) is 0 Å². The van der Waals surface area contributed by atoms with Crippen molar-refractivity contribution >= 4 is 47.7 Å². The molecule has 43 heavy (non-hydrogen) atoms. The zero-order chi connectivity index (χ0) is 29.2. The van der Waals surface area contributed by atoms with Crippen LogP contribution in [0.25, 0.3) is 34.7 Å². The Bertz CT molecular complexity index is 1850. The molecule has 6 nitrogen and oxygen atoms in total. The maximum atomic E-state index is 5.79. The first-order chi connectivity index (χ1) is 21.2. The molecule has 0 saturated carbocycles. The van der Waals surface area contributed by atoms with Gasteiger partial charge in [0.2, 0.25) is 12.3 Å². The van der Waals surface area contributed by atoms with Crippen LogP contribution < -0.4 is 15.3 Å². The molecule has 6 aromatic rings. The van der Waals surface area contributed by atoms with Crippen LogP contribution in [-0.2, 0) is 0 Å². The van der Waals surface area contributed by atoms with E-state index in [1.807, 2.05) is 12.4 Å². The molecule has 1 aliphatic rings. The number of benzene rings is 4. The summed E-state index contributed by atoms with van der Waals surface area (Å²) in [7, 11) is -2.28. The van der Waals surface area contributed by atoms with Gasteiger partial charge >= 0.3 is 0 Å². The van der Waals surface area contributed by atoms with Crippen LogP contribution in [0.5, 0.6) is 0 Å². The first kappa shape index (κ1) is 26.7. The molecule has 0 radical (unpaired) electrons. The summed E-state index contributed by atoms with van der Waals surface area (Å²) in [5.74, 6) is 0.498. The van der Waals surface area contributed by atoms with Crippen LogP contribution in [0.4, 0.5) is 17.1 Å². The highest BCUT2D eigenvalue weighted by Crippen LogP contribution is 2.37. The van der Waals surface area contributed by atoms with Crippen LogP contribution in [0.15, 0.2) is 121 Å². The van der Waals surface area contributed by atoms with Crippen molar-refractivity contribution in [2.45, 2.75) is 25.9 Å². The van der Waals surface area contributed by atoms with Crippen molar-refractivity contribution in [1.29, 1.82) is 0 Å². The minimum atomic E-state index is -2.28. The van der Waals surface area contributed by atoms with Gasteiger partial charge in [-0.05, 0) is 75.6 Å². The van der Waals surface area contributed by atoms with Gasteiger partial charge in [-0.1, -0.05) is 80.6 Å². The highest BCUT2D eigenvalue weighted by atomic mass is 28.3. The molecule has 0 amide bonds. The number of nitrogens with zero attached hydrogens (tertiary/aromatic N) is 5. The maximum absolute atomic E-state index is 5.79. The molecule has 3 heterocycles. The first-order valence-electron chi connectivity index (χ1n) is 14.6.